The molecule has 0 radical (unpaired) electrons. The summed E-state index contributed by atoms with van der Waals surface area (Å²) in [4.78, 5) is 0. The highest BCUT2D eigenvalue weighted by Gasteiger charge is 2.14. The van der Waals surface area contributed by atoms with Gasteiger partial charge in [0.2, 0.25) is 0 Å². The molecule has 0 fully saturated rings. The van der Waals surface area contributed by atoms with E-state index < -0.39 is 0 Å². The molecule has 0 N–H and O–H groups in total. The highest BCUT2D eigenvalue weighted by molar-refractivity contribution is 4.66. The van der Waals surface area contributed by atoms with Gasteiger partial charge in [0.05, 0.1) is 0 Å². The van der Waals surface area contributed by atoms with Crippen LogP contribution in [0, 0.1) is 29.6 Å². The molecule has 0 spiro atoms. The monoisotopic (exact) mass is 310 g/mol. The average molecular weight is 311 g/mol. The maximum absolute atomic E-state index is 2.49. The van der Waals surface area contributed by atoms with Gasteiger partial charge in [-0.15, -0.1) is 0 Å². The van der Waals surface area contributed by atoms with E-state index in [1.807, 2.05) is 0 Å². The van der Waals surface area contributed by atoms with Gasteiger partial charge in [-0.1, -0.05) is 113 Å². The van der Waals surface area contributed by atoms with Crippen molar-refractivity contribution >= 4 is 0 Å². The fourth-order valence-electron chi connectivity index (χ4n) is 3.42. The van der Waals surface area contributed by atoms with Gasteiger partial charge in [0.15, 0.2) is 0 Å². The Balaban J connectivity index is 3.80. The molecule has 4 unspecified atom stereocenters. The quantitative estimate of drug-likeness (QED) is 0.304. The van der Waals surface area contributed by atoms with Gasteiger partial charge < -0.3 is 0 Å². The summed E-state index contributed by atoms with van der Waals surface area (Å²) in [6, 6.07) is 0. The number of hydrogen-bond acceptors (Lipinski definition) is 0. The van der Waals surface area contributed by atoms with Gasteiger partial charge in [-0.3, -0.25) is 0 Å². The highest BCUT2D eigenvalue weighted by Crippen LogP contribution is 2.27. The summed E-state index contributed by atoms with van der Waals surface area (Å²) in [5.41, 5.74) is 0. The van der Waals surface area contributed by atoms with Gasteiger partial charge in [0.1, 0.15) is 0 Å². The van der Waals surface area contributed by atoms with Gasteiger partial charge in [-0.05, 0) is 29.6 Å². The average Bonchev–Trinajstić information content (AvgIpc) is 2.49. The van der Waals surface area contributed by atoms with Crippen molar-refractivity contribution in [2.45, 2.75) is 113 Å². The Morgan fingerprint density at radius 2 is 1.09 bits per heavy atom. The van der Waals surface area contributed by atoms with Crippen LogP contribution in [0.3, 0.4) is 0 Å². The number of rotatable bonds is 14. The van der Waals surface area contributed by atoms with Crippen molar-refractivity contribution in [2.75, 3.05) is 0 Å². The van der Waals surface area contributed by atoms with Gasteiger partial charge in [0.25, 0.3) is 0 Å². The minimum absolute atomic E-state index is 0.879. The first-order valence-corrected chi connectivity index (χ1v) is 10.4. The third-order valence-corrected chi connectivity index (χ3v) is 6.03. The molecule has 0 rings (SSSR count). The summed E-state index contributed by atoms with van der Waals surface area (Å²) < 4.78 is 0. The highest BCUT2D eigenvalue weighted by atomic mass is 14.2. The SMILES string of the molecule is CCC(C)CCC(C)C(C)CCCC(CC)CCCC(C)C. The second-order valence-corrected chi connectivity index (χ2v) is 8.58. The Morgan fingerprint density at radius 1 is 0.545 bits per heavy atom. The first kappa shape index (κ1) is 22.0. The lowest BCUT2D eigenvalue weighted by Gasteiger charge is -2.22. The minimum atomic E-state index is 0.879. The van der Waals surface area contributed by atoms with Crippen LogP contribution in [-0.2, 0) is 0 Å². The summed E-state index contributed by atoms with van der Waals surface area (Å²) in [7, 11) is 0. The predicted octanol–water partition coefficient (Wildman–Crippen LogP) is 8.11. The molecule has 0 saturated heterocycles. The van der Waals surface area contributed by atoms with Crippen LogP contribution in [0.2, 0.25) is 0 Å². The molecular formula is C22H46. The first-order valence-electron chi connectivity index (χ1n) is 10.4. The third kappa shape index (κ3) is 11.6. The van der Waals surface area contributed by atoms with Gasteiger partial charge >= 0.3 is 0 Å². The minimum Gasteiger partial charge on any atom is -0.0651 e. The molecule has 0 nitrogen and oxygen atoms in total. The second kappa shape index (κ2) is 13.4. The fourth-order valence-corrected chi connectivity index (χ4v) is 3.42. The Morgan fingerprint density at radius 3 is 1.59 bits per heavy atom. The molecule has 4 atom stereocenters. The van der Waals surface area contributed by atoms with Crippen molar-refractivity contribution in [2.24, 2.45) is 29.6 Å². The van der Waals surface area contributed by atoms with Crippen LogP contribution in [0.25, 0.3) is 0 Å². The molecule has 0 aliphatic rings. The van der Waals surface area contributed by atoms with Crippen LogP contribution in [0.1, 0.15) is 113 Å². The van der Waals surface area contributed by atoms with Crippen molar-refractivity contribution in [3.63, 3.8) is 0 Å². The Hall–Kier alpha value is 0. The molecule has 0 aromatic heterocycles. The zero-order chi connectivity index (χ0) is 17.0. The predicted molar refractivity (Wildman–Crippen MR) is 103 cm³/mol. The largest absolute Gasteiger partial charge is 0.0651 e. The summed E-state index contributed by atoms with van der Waals surface area (Å²) >= 11 is 0. The molecular weight excluding hydrogens is 264 g/mol. The lowest BCUT2D eigenvalue weighted by molar-refractivity contribution is 0.294. The molecule has 0 aliphatic carbocycles. The van der Waals surface area contributed by atoms with Crippen LogP contribution < -0.4 is 0 Å². The summed E-state index contributed by atoms with van der Waals surface area (Å²) in [5.74, 6) is 4.61. The van der Waals surface area contributed by atoms with E-state index in [-0.39, 0.29) is 0 Å². The zero-order valence-corrected chi connectivity index (χ0v) is 17.0. The summed E-state index contributed by atoms with van der Waals surface area (Å²) in [6.07, 6.45) is 14.3. The second-order valence-electron chi connectivity index (χ2n) is 8.58. The van der Waals surface area contributed by atoms with E-state index in [1.165, 1.54) is 64.2 Å². The van der Waals surface area contributed by atoms with E-state index in [9.17, 15) is 0 Å². The van der Waals surface area contributed by atoms with Crippen LogP contribution in [0.4, 0.5) is 0 Å². The molecule has 0 saturated carbocycles. The van der Waals surface area contributed by atoms with E-state index in [0.29, 0.717) is 0 Å². The Bertz CT molecular complexity index is 230. The molecule has 0 aromatic carbocycles. The van der Waals surface area contributed by atoms with Crippen LogP contribution in [0.15, 0.2) is 0 Å². The van der Waals surface area contributed by atoms with Crippen molar-refractivity contribution in [1.82, 2.24) is 0 Å². The molecule has 0 bridgehead atoms. The molecule has 0 heterocycles. The zero-order valence-electron chi connectivity index (χ0n) is 17.0. The van der Waals surface area contributed by atoms with E-state index in [0.717, 1.165) is 29.6 Å². The third-order valence-electron chi connectivity index (χ3n) is 6.03. The fraction of sp³-hybridized carbons (Fsp3) is 1.00. The lowest BCUT2D eigenvalue weighted by Crippen LogP contribution is -2.10. The molecule has 134 valence electrons. The van der Waals surface area contributed by atoms with Crippen LogP contribution >= 0.6 is 0 Å². The van der Waals surface area contributed by atoms with Crippen LogP contribution in [-0.4, -0.2) is 0 Å². The smallest absolute Gasteiger partial charge is 0.0417 e. The van der Waals surface area contributed by atoms with Gasteiger partial charge in [-0.25, -0.2) is 0 Å². The molecule has 0 aromatic rings. The maximum Gasteiger partial charge on any atom is -0.0417 e. The maximum atomic E-state index is 2.49. The lowest BCUT2D eigenvalue weighted by atomic mass is 9.84. The standard InChI is InChI=1S/C22H46/c1-8-19(5)16-17-21(7)20(6)13-11-15-22(9-2)14-10-12-18(3)4/h18-22H,8-17H2,1-7H3. The van der Waals surface area contributed by atoms with E-state index >= 15 is 0 Å². The van der Waals surface area contributed by atoms with Crippen molar-refractivity contribution in [3.8, 4) is 0 Å². The normalized spacial score (nSPS) is 17.5. The Kier molecular flexibility index (Phi) is 13.4. The summed E-state index contributed by atoms with van der Waals surface area (Å²) in [5, 5.41) is 0. The van der Waals surface area contributed by atoms with Gasteiger partial charge in [0, 0.05) is 0 Å². The molecule has 0 heteroatoms. The number of hydrogen-bond donors (Lipinski definition) is 0. The van der Waals surface area contributed by atoms with Crippen molar-refractivity contribution in [1.29, 1.82) is 0 Å². The first-order chi connectivity index (χ1) is 10.4. The van der Waals surface area contributed by atoms with Gasteiger partial charge in [-0.2, -0.15) is 0 Å². The van der Waals surface area contributed by atoms with Crippen molar-refractivity contribution < 1.29 is 0 Å². The van der Waals surface area contributed by atoms with E-state index in [1.54, 1.807) is 0 Å². The molecule has 0 amide bonds. The van der Waals surface area contributed by atoms with Crippen LogP contribution in [0.5, 0.6) is 0 Å². The van der Waals surface area contributed by atoms with Crippen molar-refractivity contribution in [3.05, 3.63) is 0 Å². The Labute approximate surface area is 142 Å². The molecule has 0 aliphatic heterocycles. The molecule has 22 heavy (non-hydrogen) atoms. The van der Waals surface area contributed by atoms with E-state index in [4.69, 9.17) is 0 Å². The summed E-state index contributed by atoms with van der Waals surface area (Å²) in [6.45, 7) is 16.8. The van der Waals surface area contributed by atoms with E-state index in [2.05, 4.69) is 48.5 Å². The topological polar surface area (TPSA) is 0 Å².